The van der Waals surface area contributed by atoms with Gasteiger partial charge >= 0.3 is 0 Å². The summed E-state index contributed by atoms with van der Waals surface area (Å²) in [7, 11) is 0. The molecule has 1 fully saturated rings. The zero-order valence-corrected chi connectivity index (χ0v) is 20.8. The zero-order chi connectivity index (χ0) is 25.5. The molecule has 8 heteroatoms. The molecule has 1 atom stereocenters. The number of rotatable bonds is 8. The molecule has 0 radical (unpaired) electrons. The number of nitrogens with zero attached hydrogens (tertiary/aromatic N) is 5. The van der Waals surface area contributed by atoms with Crippen LogP contribution >= 0.6 is 0 Å². The summed E-state index contributed by atoms with van der Waals surface area (Å²) >= 11 is 0. The zero-order valence-electron chi connectivity index (χ0n) is 20.8. The third-order valence-electron chi connectivity index (χ3n) is 7.35. The van der Waals surface area contributed by atoms with E-state index in [1.165, 1.54) is 25.0 Å². The first-order valence-electron chi connectivity index (χ1n) is 13.1. The Labute approximate surface area is 219 Å². The van der Waals surface area contributed by atoms with E-state index in [9.17, 15) is 4.39 Å². The van der Waals surface area contributed by atoms with Crippen molar-refractivity contribution in [3.8, 4) is 28.4 Å². The van der Waals surface area contributed by atoms with Crippen LogP contribution in [0.5, 0.6) is 5.75 Å². The van der Waals surface area contributed by atoms with Gasteiger partial charge in [0, 0.05) is 36.3 Å². The lowest BCUT2D eigenvalue weighted by molar-refractivity contribution is 0.258. The minimum absolute atomic E-state index is 0.0754. The minimum atomic E-state index is -0.272. The first-order chi connectivity index (χ1) is 18.7. The van der Waals surface area contributed by atoms with Crippen LogP contribution in [0.1, 0.15) is 31.1 Å². The second-order valence-electron chi connectivity index (χ2n) is 10.0. The number of pyridine rings is 1. The lowest BCUT2D eigenvalue weighted by Crippen LogP contribution is -2.15. The molecule has 2 aliphatic rings. The Morgan fingerprint density at radius 3 is 2.63 bits per heavy atom. The normalized spacial score (nSPS) is 16.5. The van der Waals surface area contributed by atoms with Crippen LogP contribution in [0.2, 0.25) is 0 Å². The monoisotopic (exact) mass is 506 g/mol. The molecule has 0 spiro atoms. The number of benzene rings is 2. The number of nitrogens with one attached hydrogen (secondary N) is 1. The van der Waals surface area contributed by atoms with Gasteiger partial charge < -0.3 is 14.6 Å². The van der Waals surface area contributed by atoms with Gasteiger partial charge in [-0.1, -0.05) is 12.1 Å². The van der Waals surface area contributed by atoms with Gasteiger partial charge in [0.25, 0.3) is 0 Å². The predicted octanol–water partition coefficient (Wildman–Crippen LogP) is 6.08. The molecule has 1 saturated carbocycles. The van der Waals surface area contributed by atoms with Gasteiger partial charge in [0.1, 0.15) is 24.0 Å². The predicted molar refractivity (Wildman–Crippen MR) is 144 cm³/mol. The van der Waals surface area contributed by atoms with Crippen LogP contribution in [0.25, 0.3) is 33.5 Å². The van der Waals surface area contributed by atoms with Crippen molar-refractivity contribution in [2.75, 3.05) is 18.5 Å². The largest absolute Gasteiger partial charge is 0.491 e. The van der Waals surface area contributed by atoms with Gasteiger partial charge in [-0.25, -0.2) is 19.3 Å². The molecule has 1 unspecified atom stereocenters. The summed E-state index contributed by atoms with van der Waals surface area (Å²) in [5, 5.41) is 4.38. The van der Waals surface area contributed by atoms with E-state index in [1.54, 1.807) is 24.5 Å². The molecule has 4 heterocycles. The smallest absolute Gasteiger partial charge is 0.223 e. The molecule has 38 heavy (non-hydrogen) atoms. The number of fused-ring (bicyclic) bond motifs is 2. The highest BCUT2D eigenvalue weighted by Gasteiger charge is 2.31. The average molecular weight is 507 g/mol. The third-order valence-corrected chi connectivity index (χ3v) is 7.35. The van der Waals surface area contributed by atoms with Crippen molar-refractivity contribution in [1.29, 1.82) is 0 Å². The topological polar surface area (TPSA) is 77.8 Å². The molecule has 1 aliphatic carbocycles. The van der Waals surface area contributed by atoms with Crippen LogP contribution in [0.3, 0.4) is 0 Å². The maximum absolute atomic E-state index is 13.8. The number of imidazole rings is 1. The summed E-state index contributed by atoms with van der Waals surface area (Å²) < 4.78 is 22.4. The van der Waals surface area contributed by atoms with E-state index in [1.807, 2.05) is 36.4 Å². The van der Waals surface area contributed by atoms with E-state index in [0.717, 1.165) is 64.5 Å². The summed E-state index contributed by atoms with van der Waals surface area (Å²) in [6.45, 7) is 1.38. The van der Waals surface area contributed by atoms with Crippen molar-refractivity contribution in [2.24, 2.45) is 5.92 Å². The van der Waals surface area contributed by atoms with Crippen molar-refractivity contribution in [1.82, 2.24) is 24.5 Å². The molecule has 2 aromatic carbocycles. The second-order valence-corrected chi connectivity index (χ2v) is 10.0. The van der Waals surface area contributed by atoms with Crippen molar-refractivity contribution < 1.29 is 9.13 Å². The van der Waals surface area contributed by atoms with E-state index in [-0.39, 0.29) is 11.9 Å². The second kappa shape index (κ2) is 9.52. The first kappa shape index (κ1) is 22.8. The SMILES string of the molecule is Fc1ccc(-c2nc3n(c2-c2ccnc(NCC4CC4)n2)C(COc2ccnc4ccccc24)CC3)cc1. The van der Waals surface area contributed by atoms with Gasteiger partial charge in [-0.15, -0.1) is 0 Å². The van der Waals surface area contributed by atoms with E-state index < -0.39 is 0 Å². The van der Waals surface area contributed by atoms with E-state index in [0.29, 0.717) is 18.5 Å². The Bertz CT molecular complexity index is 1610. The lowest BCUT2D eigenvalue weighted by atomic mass is 10.1. The summed E-state index contributed by atoms with van der Waals surface area (Å²) in [5.41, 5.74) is 4.26. The van der Waals surface area contributed by atoms with Gasteiger partial charge in [0.05, 0.1) is 28.6 Å². The number of halogens is 1. The Hall–Kier alpha value is -4.33. The van der Waals surface area contributed by atoms with Gasteiger partial charge in [0.15, 0.2) is 0 Å². The van der Waals surface area contributed by atoms with Crippen molar-refractivity contribution >= 4 is 16.9 Å². The quantitative estimate of drug-likeness (QED) is 0.275. The maximum atomic E-state index is 13.8. The Morgan fingerprint density at radius 2 is 1.76 bits per heavy atom. The van der Waals surface area contributed by atoms with Gasteiger partial charge in [0.2, 0.25) is 5.95 Å². The molecular formula is C30H27FN6O. The molecule has 7 rings (SSSR count). The van der Waals surface area contributed by atoms with Crippen LogP contribution < -0.4 is 10.1 Å². The first-order valence-corrected chi connectivity index (χ1v) is 13.1. The van der Waals surface area contributed by atoms with E-state index in [2.05, 4.69) is 19.9 Å². The maximum Gasteiger partial charge on any atom is 0.223 e. The fraction of sp³-hybridized carbons (Fsp3) is 0.267. The number of aryl methyl sites for hydroxylation is 1. The van der Waals surface area contributed by atoms with Crippen molar-refractivity contribution in [3.63, 3.8) is 0 Å². The van der Waals surface area contributed by atoms with Gasteiger partial charge in [-0.2, -0.15) is 0 Å². The van der Waals surface area contributed by atoms with Crippen LogP contribution in [0, 0.1) is 11.7 Å². The lowest BCUT2D eigenvalue weighted by Gasteiger charge is -2.19. The van der Waals surface area contributed by atoms with Crippen LogP contribution in [0.4, 0.5) is 10.3 Å². The van der Waals surface area contributed by atoms with Crippen LogP contribution in [0.15, 0.2) is 73.1 Å². The molecule has 1 N–H and O–H groups in total. The molecule has 5 aromatic rings. The summed E-state index contributed by atoms with van der Waals surface area (Å²) in [6.07, 6.45) is 7.83. The molecule has 0 bridgehead atoms. The highest BCUT2D eigenvalue weighted by atomic mass is 19.1. The molecule has 3 aromatic heterocycles. The number of hydrogen-bond acceptors (Lipinski definition) is 6. The van der Waals surface area contributed by atoms with E-state index >= 15 is 0 Å². The molecular weight excluding hydrogens is 479 g/mol. The number of aromatic nitrogens is 5. The van der Waals surface area contributed by atoms with Crippen LogP contribution in [-0.2, 0) is 6.42 Å². The van der Waals surface area contributed by atoms with Crippen molar-refractivity contribution in [3.05, 3.63) is 84.7 Å². The van der Waals surface area contributed by atoms with Gasteiger partial charge in [-0.3, -0.25) is 4.98 Å². The highest BCUT2D eigenvalue weighted by Crippen LogP contribution is 2.40. The molecule has 1 aliphatic heterocycles. The Balaban J connectivity index is 1.26. The summed E-state index contributed by atoms with van der Waals surface area (Å²) in [6, 6.07) is 18.4. The number of ether oxygens (including phenoxy) is 1. The molecule has 190 valence electrons. The number of hydrogen-bond donors (Lipinski definition) is 1. The number of para-hydroxylation sites is 1. The number of anilines is 1. The van der Waals surface area contributed by atoms with Crippen LogP contribution in [-0.4, -0.2) is 37.7 Å². The fourth-order valence-electron chi connectivity index (χ4n) is 5.20. The molecule has 0 saturated heterocycles. The minimum Gasteiger partial charge on any atom is -0.491 e. The highest BCUT2D eigenvalue weighted by molar-refractivity contribution is 5.84. The Morgan fingerprint density at radius 1 is 0.921 bits per heavy atom. The summed E-state index contributed by atoms with van der Waals surface area (Å²) in [5.74, 6) is 2.86. The van der Waals surface area contributed by atoms with E-state index in [4.69, 9.17) is 14.7 Å². The third kappa shape index (κ3) is 4.36. The van der Waals surface area contributed by atoms with Gasteiger partial charge in [-0.05, 0) is 73.7 Å². The Kier molecular flexibility index (Phi) is 5.72. The average Bonchev–Trinajstić information content (AvgIpc) is 3.59. The molecule has 7 nitrogen and oxygen atoms in total. The van der Waals surface area contributed by atoms with Crippen molar-refractivity contribution in [2.45, 2.75) is 31.7 Å². The summed E-state index contributed by atoms with van der Waals surface area (Å²) in [4.78, 5) is 18.8. The standard InChI is InChI=1S/C30H27FN6O/c31-21-9-7-20(8-10-21)28-29(25-13-15-33-30(35-25)34-17-19-5-6-19)37-22(11-12-27(37)36-28)18-38-26-14-16-32-24-4-2-1-3-23(24)26/h1-4,7-10,13-16,19,22H,5-6,11-12,17-18H2,(H,33,34,35). The molecule has 0 amide bonds. The fourth-order valence-corrected chi connectivity index (χ4v) is 5.20.